The third kappa shape index (κ3) is 7.32. The molecule has 238 valence electrons. The largest absolute Gasteiger partial charge is 0.371 e. The number of nitrogens with one attached hydrogen (secondary N) is 2. The summed E-state index contributed by atoms with van der Waals surface area (Å²) in [6, 6.07) is 6.98. The quantitative estimate of drug-likeness (QED) is 0.351. The van der Waals surface area contributed by atoms with Crippen LogP contribution in [0.4, 0.5) is 23.0 Å². The molecule has 4 N–H and O–H groups in total. The van der Waals surface area contributed by atoms with Crippen LogP contribution in [0.3, 0.4) is 0 Å². The van der Waals surface area contributed by atoms with Gasteiger partial charge < -0.3 is 31.1 Å². The van der Waals surface area contributed by atoms with Gasteiger partial charge in [0.05, 0.1) is 5.69 Å². The Labute approximate surface area is 261 Å². The Bertz CT molecular complexity index is 1330. The minimum Gasteiger partial charge on any atom is -0.371 e. The lowest BCUT2D eigenvalue weighted by Gasteiger charge is -2.43. The third-order valence-electron chi connectivity index (χ3n) is 9.45. The van der Waals surface area contributed by atoms with Gasteiger partial charge in [-0.2, -0.15) is 0 Å². The molecule has 0 unspecified atom stereocenters. The molecule has 11 nitrogen and oxygen atoms in total. The van der Waals surface area contributed by atoms with E-state index in [2.05, 4.69) is 63.0 Å². The van der Waals surface area contributed by atoms with E-state index in [0.29, 0.717) is 36.3 Å². The maximum atomic E-state index is 12.4. The summed E-state index contributed by atoms with van der Waals surface area (Å²) in [7, 11) is 2.21. The van der Waals surface area contributed by atoms with Crippen molar-refractivity contribution in [2.75, 3.05) is 74.9 Å². The highest BCUT2D eigenvalue weighted by Gasteiger charge is 2.28. The van der Waals surface area contributed by atoms with Crippen LogP contribution < -0.4 is 21.3 Å². The second-order valence-corrected chi connectivity index (χ2v) is 12.4. The monoisotopic (exact) mass is 603 g/mol. The number of nitrogens with zero attached hydrogens (tertiary/aromatic N) is 6. The predicted molar refractivity (Wildman–Crippen MR) is 177 cm³/mol. The van der Waals surface area contributed by atoms with E-state index >= 15 is 0 Å². The highest BCUT2D eigenvalue weighted by atomic mass is 16.2. The van der Waals surface area contributed by atoms with Gasteiger partial charge in [-0.1, -0.05) is 13.5 Å². The number of likely N-dealkylation sites (N-methyl/N-ethyl adjacent to an activating group) is 1. The Morgan fingerprint density at radius 3 is 2.43 bits per heavy atom. The lowest BCUT2D eigenvalue weighted by Crippen LogP contribution is -2.52. The molecule has 2 aromatic rings. The van der Waals surface area contributed by atoms with Crippen molar-refractivity contribution in [3.8, 4) is 0 Å². The summed E-state index contributed by atoms with van der Waals surface area (Å²) in [6.07, 6.45) is 7.28. The number of piperidine rings is 2. The van der Waals surface area contributed by atoms with Crippen LogP contribution >= 0.6 is 0 Å². The first-order chi connectivity index (χ1) is 21.3. The number of anilines is 4. The van der Waals surface area contributed by atoms with Gasteiger partial charge in [0.1, 0.15) is 5.82 Å². The molecule has 11 heteroatoms. The SMILES string of the molecule is C=CC(=O)N1CCCC[C@H]1CNc1nc(Nc2ccc(N3CCC(N4CCN(C)CC4)CC3)c(C)c2)c(C(N)=O)nc1CC. The van der Waals surface area contributed by atoms with Gasteiger partial charge in [0.25, 0.3) is 5.91 Å². The molecule has 3 aliphatic heterocycles. The molecular formula is C33H49N9O2. The standard InChI is InChI=1S/C33H49N9O2/c1-5-27-32(35-22-26-9-7-8-14-42(26)29(43)6-2)38-33(30(37-27)31(34)44)36-24-10-11-28(23(3)21-24)41-15-12-25(13-16-41)40-19-17-39(4)18-20-40/h6,10-11,21,25-26H,2,5,7-9,12-20,22H2,1,3-4H3,(H2,34,44)(H2,35,36,38)/t26-/m0/s1. The zero-order chi connectivity index (χ0) is 31.2. The van der Waals surface area contributed by atoms with E-state index in [1.54, 1.807) is 0 Å². The number of piperazine rings is 1. The highest BCUT2D eigenvalue weighted by Crippen LogP contribution is 2.30. The first-order valence-electron chi connectivity index (χ1n) is 16.2. The Balaban J connectivity index is 1.28. The van der Waals surface area contributed by atoms with Gasteiger partial charge >= 0.3 is 0 Å². The maximum absolute atomic E-state index is 12.4. The number of likely N-dealkylation sites (tertiary alicyclic amines) is 1. The average Bonchev–Trinajstić information content (AvgIpc) is 3.04. The Morgan fingerprint density at radius 2 is 1.77 bits per heavy atom. The third-order valence-corrected chi connectivity index (χ3v) is 9.45. The van der Waals surface area contributed by atoms with Crippen LogP contribution in [0.1, 0.15) is 60.8 Å². The average molecular weight is 604 g/mol. The lowest BCUT2D eigenvalue weighted by molar-refractivity contribution is -0.129. The molecule has 1 aromatic heterocycles. The van der Waals surface area contributed by atoms with Crippen molar-refractivity contribution in [1.29, 1.82) is 0 Å². The maximum Gasteiger partial charge on any atom is 0.271 e. The number of amides is 2. The molecule has 3 aliphatic rings. The Hall–Kier alpha value is -3.70. The minimum atomic E-state index is -0.632. The molecule has 0 radical (unpaired) electrons. The first kappa shape index (κ1) is 31.7. The summed E-state index contributed by atoms with van der Waals surface area (Å²) in [5.74, 6) is 0.226. The van der Waals surface area contributed by atoms with E-state index in [9.17, 15) is 9.59 Å². The molecule has 3 saturated heterocycles. The van der Waals surface area contributed by atoms with Gasteiger partial charge in [-0.05, 0) is 82.3 Å². The molecule has 0 saturated carbocycles. The zero-order valence-electron chi connectivity index (χ0n) is 26.6. The number of hydrogen-bond acceptors (Lipinski definition) is 9. The Morgan fingerprint density at radius 1 is 1.02 bits per heavy atom. The molecular weight excluding hydrogens is 554 g/mol. The molecule has 0 bridgehead atoms. The second kappa shape index (κ2) is 14.4. The normalized spacial score (nSPS) is 20.4. The van der Waals surface area contributed by atoms with Gasteiger partial charge in [-0.3, -0.25) is 14.5 Å². The summed E-state index contributed by atoms with van der Waals surface area (Å²) in [5, 5.41) is 6.74. The number of nitrogens with two attached hydrogens (primary N) is 1. The number of hydrogen-bond donors (Lipinski definition) is 3. The summed E-state index contributed by atoms with van der Waals surface area (Å²) in [6.45, 7) is 15.8. The summed E-state index contributed by atoms with van der Waals surface area (Å²) in [5.41, 5.74) is 9.75. The molecule has 3 fully saturated rings. The molecule has 0 spiro atoms. The van der Waals surface area contributed by atoms with Gasteiger partial charge in [0.15, 0.2) is 11.5 Å². The number of rotatable bonds is 10. The van der Waals surface area contributed by atoms with E-state index in [1.807, 2.05) is 17.9 Å². The number of benzene rings is 1. The minimum absolute atomic E-state index is 0.0369. The predicted octanol–water partition coefficient (Wildman–Crippen LogP) is 3.39. The van der Waals surface area contributed by atoms with E-state index in [0.717, 1.165) is 63.2 Å². The summed E-state index contributed by atoms with van der Waals surface area (Å²) < 4.78 is 0. The van der Waals surface area contributed by atoms with Crippen molar-refractivity contribution >= 4 is 34.8 Å². The van der Waals surface area contributed by atoms with Gasteiger partial charge in [0.2, 0.25) is 5.91 Å². The van der Waals surface area contributed by atoms with Crippen molar-refractivity contribution in [1.82, 2.24) is 24.7 Å². The number of aryl methyl sites for hydroxylation is 2. The van der Waals surface area contributed by atoms with Crippen molar-refractivity contribution in [3.05, 3.63) is 47.8 Å². The van der Waals surface area contributed by atoms with Gasteiger partial charge in [-0.25, -0.2) is 9.97 Å². The molecule has 0 aliphatic carbocycles. The van der Waals surface area contributed by atoms with Crippen LogP contribution in [0.15, 0.2) is 30.9 Å². The molecule has 5 rings (SSSR count). The van der Waals surface area contributed by atoms with Crippen molar-refractivity contribution in [2.45, 2.75) is 64.5 Å². The van der Waals surface area contributed by atoms with E-state index in [-0.39, 0.29) is 17.6 Å². The molecule has 1 aromatic carbocycles. The lowest BCUT2D eigenvalue weighted by atomic mass is 10.0. The highest BCUT2D eigenvalue weighted by molar-refractivity contribution is 5.96. The topological polar surface area (TPSA) is 123 Å². The van der Waals surface area contributed by atoms with Crippen LogP contribution in [0.5, 0.6) is 0 Å². The molecule has 44 heavy (non-hydrogen) atoms. The zero-order valence-corrected chi connectivity index (χ0v) is 26.6. The van der Waals surface area contributed by atoms with Crippen LogP contribution in [0.25, 0.3) is 0 Å². The van der Waals surface area contributed by atoms with Crippen LogP contribution in [0.2, 0.25) is 0 Å². The first-order valence-corrected chi connectivity index (χ1v) is 16.2. The van der Waals surface area contributed by atoms with Gasteiger partial charge in [0, 0.05) is 75.8 Å². The molecule has 4 heterocycles. The van der Waals surface area contributed by atoms with E-state index in [1.165, 1.54) is 37.7 Å². The fraction of sp³-hybridized carbons (Fsp3) is 0.576. The van der Waals surface area contributed by atoms with Crippen LogP contribution in [-0.4, -0.2) is 108 Å². The molecule has 1 atom stereocenters. The van der Waals surface area contributed by atoms with Crippen molar-refractivity contribution < 1.29 is 9.59 Å². The van der Waals surface area contributed by atoms with Crippen LogP contribution in [0, 0.1) is 6.92 Å². The van der Waals surface area contributed by atoms with Crippen molar-refractivity contribution in [3.63, 3.8) is 0 Å². The number of carbonyl (C=O) groups is 2. The summed E-state index contributed by atoms with van der Waals surface area (Å²) >= 11 is 0. The molecule has 2 amide bonds. The van der Waals surface area contributed by atoms with Crippen LogP contribution in [-0.2, 0) is 11.2 Å². The number of aromatic nitrogens is 2. The smallest absolute Gasteiger partial charge is 0.271 e. The van der Waals surface area contributed by atoms with Gasteiger partial charge in [-0.15, -0.1) is 0 Å². The number of primary amides is 1. The van der Waals surface area contributed by atoms with E-state index in [4.69, 9.17) is 10.7 Å². The fourth-order valence-electron chi connectivity index (χ4n) is 6.84. The van der Waals surface area contributed by atoms with Crippen molar-refractivity contribution in [2.24, 2.45) is 5.73 Å². The second-order valence-electron chi connectivity index (χ2n) is 12.4. The van der Waals surface area contributed by atoms with E-state index < -0.39 is 5.91 Å². The number of carbonyl (C=O) groups excluding carboxylic acids is 2. The summed E-state index contributed by atoms with van der Waals surface area (Å²) in [4.78, 5) is 43.7. The Kier molecular flexibility index (Phi) is 10.4. The fourth-order valence-corrected chi connectivity index (χ4v) is 6.84.